The molecule has 0 saturated heterocycles. The minimum atomic E-state index is -0.267. The van der Waals surface area contributed by atoms with Crippen molar-refractivity contribution in [3.63, 3.8) is 0 Å². The number of aromatic hydroxyl groups is 1. The van der Waals surface area contributed by atoms with E-state index in [-0.39, 0.29) is 11.2 Å². The highest BCUT2D eigenvalue weighted by Gasteiger charge is 2.24. The van der Waals surface area contributed by atoms with Crippen LogP contribution < -0.4 is 0 Å². The Labute approximate surface area is 174 Å². The Hall–Kier alpha value is -2.65. The Kier molecular flexibility index (Phi) is 6.09. The van der Waals surface area contributed by atoms with Crippen LogP contribution in [0.3, 0.4) is 0 Å². The topological polar surface area (TPSA) is 40.5 Å². The summed E-state index contributed by atoms with van der Waals surface area (Å²) >= 11 is 0. The number of hydrogen-bond donors (Lipinski definition) is 1. The Balaban J connectivity index is 2.16. The van der Waals surface area contributed by atoms with Crippen molar-refractivity contribution >= 4 is 16.6 Å². The number of benzene rings is 3. The van der Waals surface area contributed by atoms with Crippen LogP contribution in [-0.4, -0.2) is 28.9 Å². The second-order valence-electron chi connectivity index (χ2n) is 8.60. The van der Waals surface area contributed by atoms with Gasteiger partial charge in [0, 0.05) is 28.8 Å². The molecule has 0 atom stereocenters. The van der Waals surface area contributed by atoms with Gasteiger partial charge >= 0.3 is 0 Å². The summed E-state index contributed by atoms with van der Waals surface area (Å²) in [5, 5.41) is 13.0. The van der Waals surface area contributed by atoms with E-state index in [2.05, 4.69) is 39.5 Å². The van der Waals surface area contributed by atoms with E-state index >= 15 is 0 Å². The van der Waals surface area contributed by atoms with Crippen LogP contribution >= 0.6 is 0 Å². The second kappa shape index (κ2) is 8.38. The van der Waals surface area contributed by atoms with Crippen molar-refractivity contribution in [2.24, 2.45) is 0 Å². The predicted molar refractivity (Wildman–Crippen MR) is 121 cm³/mol. The average molecular weight is 390 g/mol. The van der Waals surface area contributed by atoms with E-state index in [1.807, 2.05) is 54.6 Å². The van der Waals surface area contributed by atoms with Crippen LogP contribution in [0.1, 0.15) is 61.7 Å². The molecule has 3 aromatic carbocycles. The minimum Gasteiger partial charge on any atom is -0.507 e. The first kappa shape index (κ1) is 21.1. The molecule has 3 nitrogen and oxygen atoms in total. The quantitative estimate of drug-likeness (QED) is 0.532. The highest BCUT2D eigenvalue weighted by molar-refractivity contribution is 6.16. The molecule has 0 amide bonds. The molecule has 0 radical (unpaired) electrons. The van der Waals surface area contributed by atoms with E-state index in [0.29, 0.717) is 23.4 Å². The first-order chi connectivity index (χ1) is 13.8. The molecular weight excluding hydrogens is 358 g/mol. The van der Waals surface area contributed by atoms with Gasteiger partial charge in [0.05, 0.1) is 0 Å². The monoisotopic (exact) mass is 389 g/mol. The summed E-state index contributed by atoms with van der Waals surface area (Å²) < 4.78 is 0. The zero-order valence-electron chi connectivity index (χ0n) is 18.1. The van der Waals surface area contributed by atoms with Crippen LogP contribution in [0.4, 0.5) is 0 Å². The number of rotatable bonds is 6. The lowest BCUT2D eigenvalue weighted by atomic mass is 9.82. The van der Waals surface area contributed by atoms with Gasteiger partial charge in [-0.25, -0.2) is 0 Å². The van der Waals surface area contributed by atoms with E-state index in [0.717, 1.165) is 35.0 Å². The maximum Gasteiger partial charge on any atom is 0.193 e. The standard InChI is InChI=1S/C26H31NO2/c1-6-27(7-2)17-20-15-19(16-23(25(20)29)26(3,4)5)24(28)22-14-10-12-18-11-8-9-13-21(18)22/h8-16,29H,6-7,17H2,1-5H3. The van der Waals surface area contributed by atoms with Crippen molar-refractivity contribution < 1.29 is 9.90 Å². The Morgan fingerprint density at radius 2 is 1.62 bits per heavy atom. The maximum absolute atomic E-state index is 13.5. The Morgan fingerprint density at radius 3 is 2.28 bits per heavy atom. The summed E-state index contributed by atoms with van der Waals surface area (Å²) in [6, 6.07) is 17.5. The smallest absolute Gasteiger partial charge is 0.193 e. The van der Waals surface area contributed by atoms with E-state index < -0.39 is 0 Å². The summed E-state index contributed by atoms with van der Waals surface area (Å²) in [6.45, 7) is 12.8. The van der Waals surface area contributed by atoms with Crippen molar-refractivity contribution in [3.05, 3.63) is 76.9 Å². The largest absolute Gasteiger partial charge is 0.507 e. The molecule has 1 N–H and O–H groups in total. The molecule has 0 aromatic heterocycles. The van der Waals surface area contributed by atoms with Gasteiger partial charge in [0.15, 0.2) is 5.78 Å². The molecule has 0 spiro atoms. The van der Waals surface area contributed by atoms with Crippen molar-refractivity contribution in [1.29, 1.82) is 0 Å². The second-order valence-corrected chi connectivity index (χ2v) is 8.60. The molecule has 3 rings (SSSR count). The third-order valence-corrected chi connectivity index (χ3v) is 5.58. The molecule has 0 heterocycles. The number of carbonyl (C=O) groups is 1. The fourth-order valence-electron chi connectivity index (χ4n) is 3.78. The molecule has 3 aromatic rings. The number of nitrogens with zero attached hydrogens (tertiary/aromatic N) is 1. The molecule has 0 saturated carbocycles. The number of fused-ring (bicyclic) bond motifs is 1. The van der Waals surface area contributed by atoms with Gasteiger partial charge in [0.25, 0.3) is 0 Å². The third kappa shape index (κ3) is 4.35. The third-order valence-electron chi connectivity index (χ3n) is 5.58. The van der Waals surface area contributed by atoms with Gasteiger partial charge in [-0.2, -0.15) is 0 Å². The van der Waals surface area contributed by atoms with Gasteiger partial charge in [-0.1, -0.05) is 77.1 Å². The Morgan fingerprint density at radius 1 is 0.966 bits per heavy atom. The highest BCUT2D eigenvalue weighted by Crippen LogP contribution is 2.36. The van der Waals surface area contributed by atoms with Gasteiger partial charge in [-0.3, -0.25) is 9.69 Å². The number of hydrogen-bond acceptors (Lipinski definition) is 3. The molecule has 29 heavy (non-hydrogen) atoms. The van der Waals surface area contributed by atoms with E-state index in [1.165, 1.54) is 0 Å². The zero-order valence-corrected chi connectivity index (χ0v) is 18.1. The molecule has 0 aliphatic rings. The number of carbonyl (C=O) groups excluding carboxylic acids is 1. The van der Waals surface area contributed by atoms with Crippen LogP contribution in [0, 0.1) is 0 Å². The summed E-state index contributed by atoms with van der Waals surface area (Å²) in [5.74, 6) is 0.298. The van der Waals surface area contributed by atoms with Gasteiger partial charge in [-0.05, 0) is 41.4 Å². The zero-order chi connectivity index (χ0) is 21.2. The van der Waals surface area contributed by atoms with Crippen LogP contribution in [0.5, 0.6) is 5.75 Å². The lowest BCUT2D eigenvalue weighted by Crippen LogP contribution is -2.23. The molecule has 152 valence electrons. The lowest BCUT2D eigenvalue weighted by Gasteiger charge is -2.25. The van der Waals surface area contributed by atoms with Crippen molar-refractivity contribution in [3.8, 4) is 5.75 Å². The number of ketones is 1. The van der Waals surface area contributed by atoms with Crippen LogP contribution in [0.15, 0.2) is 54.6 Å². The molecule has 3 heteroatoms. The predicted octanol–water partition coefficient (Wildman–Crippen LogP) is 5.92. The SMILES string of the molecule is CCN(CC)Cc1cc(C(=O)c2cccc3ccccc23)cc(C(C)(C)C)c1O. The maximum atomic E-state index is 13.5. The average Bonchev–Trinajstić information content (AvgIpc) is 2.71. The van der Waals surface area contributed by atoms with Crippen molar-refractivity contribution in [2.75, 3.05) is 13.1 Å². The summed E-state index contributed by atoms with van der Waals surface area (Å²) in [5.41, 5.74) is 2.68. The first-order valence-electron chi connectivity index (χ1n) is 10.4. The van der Waals surface area contributed by atoms with E-state index in [1.54, 1.807) is 0 Å². The first-order valence-corrected chi connectivity index (χ1v) is 10.4. The Bertz CT molecular complexity index is 1020. The van der Waals surface area contributed by atoms with Crippen molar-refractivity contribution in [2.45, 2.75) is 46.6 Å². The van der Waals surface area contributed by atoms with Crippen LogP contribution in [0.25, 0.3) is 10.8 Å². The summed E-state index contributed by atoms with van der Waals surface area (Å²) in [4.78, 5) is 15.8. The molecule has 0 aliphatic carbocycles. The van der Waals surface area contributed by atoms with Gasteiger partial charge in [-0.15, -0.1) is 0 Å². The van der Waals surface area contributed by atoms with Crippen molar-refractivity contribution in [1.82, 2.24) is 4.90 Å². The van der Waals surface area contributed by atoms with E-state index in [9.17, 15) is 9.90 Å². The fourth-order valence-corrected chi connectivity index (χ4v) is 3.78. The summed E-state index contributed by atoms with van der Waals surface area (Å²) in [7, 11) is 0. The van der Waals surface area contributed by atoms with Gasteiger partial charge in [0.1, 0.15) is 5.75 Å². The fraction of sp³-hybridized carbons (Fsp3) is 0.346. The summed E-state index contributed by atoms with van der Waals surface area (Å²) in [6.07, 6.45) is 0. The molecule has 0 fully saturated rings. The number of phenolic OH excluding ortho intramolecular Hbond substituents is 1. The van der Waals surface area contributed by atoms with Crippen LogP contribution in [-0.2, 0) is 12.0 Å². The molecule has 0 bridgehead atoms. The molecular formula is C26H31NO2. The number of phenols is 1. The van der Waals surface area contributed by atoms with Crippen LogP contribution in [0.2, 0.25) is 0 Å². The molecule has 0 unspecified atom stereocenters. The van der Waals surface area contributed by atoms with Gasteiger partial charge in [0.2, 0.25) is 0 Å². The molecule has 0 aliphatic heterocycles. The highest BCUT2D eigenvalue weighted by atomic mass is 16.3. The normalized spacial score (nSPS) is 11.9. The minimum absolute atomic E-state index is 0.00639. The van der Waals surface area contributed by atoms with E-state index in [4.69, 9.17) is 0 Å². The lowest BCUT2D eigenvalue weighted by molar-refractivity contribution is 0.104. The van der Waals surface area contributed by atoms with Gasteiger partial charge < -0.3 is 5.11 Å².